The average molecular weight is 403 g/mol. The van der Waals surface area contributed by atoms with Gasteiger partial charge in [0.05, 0.1) is 20.6 Å². The number of halogens is 1. The van der Waals surface area contributed by atoms with Crippen molar-refractivity contribution in [2.24, 2.45) is 0 Å². The first kappa shape index (κ1) is 18.2. The molecule has 1 saturated heterocycles. The second-order valence-electron chi connectivity index (χ2n) is 7.27. The fourth-order valence-corrected chi connectivity index (χ4v) is 3.95. The molecule has 0 N–H and O–H groups in total. The monoisotopic (exact) mass is 402 g/mol. The summed E-state index contributed by atoms with van der Waals surface area (Å²) in [6.45, 7) is 0.995. The number of likely N-dealkylation sites (tertiary alicyclic amines) is 1. The lowest BCUT2D eigenvalue weighted by Gasteiger charge is -2.41. The highest BCUT2D eigenvalue weighted by Gasteiger charge is 2.37. The molecule has 132 valence electrons. The van der Waals surface area contributed by atoms with Crippen LogP contribution in [0, 0.1) is 0 Å². The maximum Gasteiger partial charge on any atom is 0.318 e. The zero-order valence-corrected chi connectivity index (χ0v) is 16.4. The number of nitrogens with zero attached hydrogens (tertiary/aromatic N) is 1. The van der Waals surface area contributed by atoms with Gasteiger partial charge in [-0.05, 0) is 27.1 Å². The molecule has 25 heavy (non-hydrogen) atoms. The molecule has 2 unspecified atom stereocenters. The fraction of sp³-hybridized carbons (Fsp3) is 0.381. The van der Waals surface area contributed by atoms with E-state index in [-0.39, 0.29) is 18.0 Å². The fourth-order valence-electron chi connectivity index (χ4n) is 3.33. The smallest absolute Gasteiger partial charge is 0.318 e. The number of carbonyl (C=O) groups is 1. The summed E-state index contributed by atoms with van der Waals surface area (Å²) in [5, 5.41) is 0. The van der Waals surface area contributed by atoms with Crippen LogP contribution in [-0.4, -0.2) is 42.1 Å². The predicted molar refractivity (Wildman–Crippen MR) is 104 cm³/mol. The SMILES string of the molecule is C[N+]1(C)CCC(OC(=O)C(c2ccccc2)c2ccccc2)CC1Br. The van der Waals surface area contributed by atoms with Gasteiger partial charge in [0.25, 0.3) is 0 Å². The van der Waals surface area contributed by atoms with Crippen LogP contribution in [0.1, 0.15) is 29.9 Å². The van der Waals surface area contributed by atoms with Crippen LogP contribution in [0.2, 0.25) is 0 Å². The van der Waals surface area contributed by atoms with Gasteiger partial charge in [-0.25, -0.2) is 0 Å². The van der Waals surface area contributed by atoms with E-state index in [1.165, 1.54) is 0 Å². The van der Waals surface area contributed by atoms with Crippen molar-refractivity contribution in [2.45, 2.75) is 29.8 Å². The molecule has 1 heterocycles. The van der Waals surface area contributed by atoms with Crippen LogP contribution in [0.25, 0.3) is 0 Å². The van der Waals surface area contributed by atoms with Crippen molar-refractivity contribution in [3.8, 4) is 0 Å². The Balaban J connectivity index is 1.79. The number of esters is 1. The Hall–Kier alpha value is -1.65. The van der Waals surface area contributed by atoms with Crippen LogP contribution in [0.5, 0.6) is 0 Å². The maximum atomic E-state index is 13.0. The molecule has 3 rings (SSSR count). The lowest BCUT2D eigenvalue weighted by Crippen LogP contribution is -2.53. The third-order valence-electron chi connectivity index (χ3n) is 5.03. The molecule has 1 aliphatic heterocycles. The summed E-state index contributed by atoms with van der Waals surface area (Å²) < 4.78 is 6.86. The number of hydrogen-bond donors (Lipinski definition) is 0. The van der Waals surface area contributed by atoms with Gasteiger partial charge in [0.2, 0.25) is 0 Å². The second kappa shape index (κ2) is 7.71. The molecule has 0 aromatic heterocycles. The first-order valence-electron chi connectivity index (χ1n) is 8.74. The van der Waals surface area contributed by atoms with Gasteiger partial charge < -0.3 is 9.22 Å². The van der Waals surface area contributed by atoms with Gasteiger partial charge in [0, 0.05) is 12.8 Å². The van der Waals surface area contributed by atoms with Gasteiger partial charge in [0.15, 0.2) is 0 Å². The predicted octanol–water partition coefficient (Wildman–Crippen LogP) is 4.32. The van der Waals surface area contributed by atoms with E-state index < -0.39 is 0 Å². The van der Waals surface area contributed by atoms with Gasteiger partial charge in [0.1, 0.15) is 17.0 Å². The van der Waals surface area contributed by atoms with Crippen LogP contribution in [0.3, 0.4) is 0 Å². The van der Waals surface area contributed by atoms with Crippen LogP contribution in [-0.2, 0) is 9.53 Å². The maximum absolute atomic E-state index is 13.0. The summed E-state index contributed by atoms with van der Waals surface area (Å²) in [4.78, 5) is 13.3. The van der Waals surface area contributed by atoms with Gasteiger partial charge in [-0.1, -0.05) is 60.7 Å². The molecule has 0 radical (unpaired) electrons. The standard InChI is InChI=1S/C21H25BrNO2/c1-23(2)14-13-18(15-19(23)22)25-21(24)20(16-9-5-3-6-10-16)17-11-7-4-8-12-17/h3-12,18-20H,13-15H2,1-2H3/q+1. The van der Waals surface area contributed by atoms with Gasteiger partial charge >= 0.3 is 5.97 Å². The van der Waals surface area contributed by atoms with Crippen LogP contribution in [0.15, 0.2) is 60.7 Å². The number of alkyl halides is 1. The molecule has 0 bridgehead atoms. The van der Waals surface area contributed by atoms with Crippen molar-refractivity contribution in [3.63, 3.8) is 0 Å². The van der Waals surface area contributed by atoms with E-state index in [1.54, 1.807) is 0 Å². The molecule has 0 amide bonds. The highest BCUT2D eigenvalue weighted by atomic mass is 79.9. The molecule has 0 spiro atoms. The number of ether oxygens (including phenoxy) is 1. The highest BCUT2D eigenvalue weighted by molar-refractivity contribution is 9.09. The lowest BCUT2D eigenvalue weighted by molar-refractivity contribution is -0.904. The number of benzene rings is 2. The van der Waals surface area contributed by atoms with Crippen LogP contribution < -0.4 is 0 Å². The molecule has 4 heteroatoms. The Kier molecular flexibility index (Phi) is 5.60. The average Bonchev–Trinajstić information content (AvgIpc) is 2.61. The molecule has 2 atom stereocenters. The van der Waals surface area contributed by atoms with E-state index in [1.807, 2.05) is 60.7 Å². The van der Waals surface area contributed by atoms with Gasteiger partial charge in [-0.15, -0.1) is 0 Å². The number of rotatable bonds is 4. The molecule has 2 aromatic carbocycles. The van der Waals surface area contributed by atoms with E-state index in [0.717, 1.165) is 35.0 Å². The van der Waals surface area contributed by atoms with E-state index in [0.29, 0.717) is 4.95 Å². The third kappa shape index (κ3) is 4.31. The summed E-state index contributed by atoms with van der Waals surface area (Å²) in [6, 6.07) is 19.8. The first-order valence-corrected chi connectivity index (χ1v) is 9.66. The lowest BCUT2D eigenvalue weighted by atomic mass is 9.91. The van der Waals surface area contributed by atoms with E-state index >= 15 is 0 Å². The minimum Gasteiger partial charge on any atom is -0.461 e. The van der Waals surface area contributed by atoms with E-state index in [4.69, 9.17) is 4.74 Å². The van der Waals surface area contributed by atoms with Crippen molar-refractivity contribution < 1.29 is 14.0 Å². The number of carbonyl (C=O) groups excluding carboxylic acids is 1. The van der Waals surface area contributed by atoms with Gasteiger partial charge in [-0.2, -0.15) is 0 Å². The van der Waals surface area contributed by atoms with Crippen molar-refractivity contribution in [2.75, 3.05) is 20.6 Å². The highest BCUT2D eigenvalue weighted by Crippen LogP contribution is 2.31. The molecule has 2 aromatic rings. The van der Waals surface area contributed by atoms with Crippen LogP contribution in [0.4, 0.5) is 0 Å². The second-order valence-corrected chi connectivity index (χ2v) is 8.33. The Labute approximate surface area is 158 Å². The Morgan fingerprint density at radius 3 is 2.04 bits per heavy atom. The minimum atomic E-state index is -0.374. The van der Waals surface area contributed by atoms with Crippen molar-refractivity contribution in [3.05, 3.63) is 71.8 Å². The number of quaternary nitrogens is 1. The molecule has 0 aliphatic carbocycles. The van der Waals surface area contributed by atoms with Gasteiger partial charge in [-0.3, -0.25) is 4.79 Å². The van der Waals surface area contributed by atoms with Crippen molar-refractivity contribution >= 4 is 21.9 Å². The normalized spacial score (nSPS) is 22.6. The Morgan fingerprint density at radius 1 is 1.04 bits per heavy atom. The third-order valence-corrected chi connectivity index (χ3v) is 6.51. The summed E-state index contributed by atoms with van der Waals surface area (Å²) in [5.41, 5.74) is 1.95. The molecule has 0 saturated carbocycles. The largest absolute Gasteiger partial charge is 0.461 e. The zero-order chi connectivity index (χ0) is 17.9. The van der Waals surface area contributed by atoms with Crippen molar-refractivity contribution in [1.82, 2.24) is 0 Å². The summed E-state index contributed by atoms with van der Waals surface area (Å²) in [5.74, 6) is -0.532. The zero-order valence-electron chi connectivity index (χ0n) is 14.8. The van der Waals surface area contributed by atoms with E-state index in [2.05, 4.69) is 30.0 Å². The Morgan fingerprint density at radius 2 is 1.56 bits per heavy atom. The summed E-state index contributed by atoms with van der Waals surface area (Å²) in [7, 11) is 4.41. The van der Waals surface area contributed by atoms with Crippen molar-refractivity contribution in [1.29, 1.82) is 0 Å². The first-order chi connectivity index (χ1) is 12.0. The minimum absolute atomic E-state index is 0.0297. The molecule has 1 aliphatic rings. The van der Waals surface area contributed by atoms with E-state index in [9.17, 15) is 4.79 Å². The van der Waals surface area contributed by atoms with Crippen LogP contribution >= 0.6 is 15.9 Å². The summed E-state index contributed by atoms with van der Waals surface area (Å²) in [6.07, 6.45) is 1.71. The number of hydrogen-bond acceptors (Lipinski definition) is 2. The topological polar surface area (TPSA) is 26.3 Å². The molecule has 1 fully saturated rings. The molecular weight excluding hydrogens is 378 g/mol. The summed E-state index contributed by atoms with van der Waals surface area (Å²) >= 11 is 3.75. The number of piperidine rings is 1. The Bertz CT molecular complexity index is 663. The quantitative estimate of drug-likeness (QED) is 0.329. The molecular formula is C21H25BrNO2+. The molecule has 3 nitrogen and oxygen atoms in total.